The number of nitrogens with zero attached hydrogens (tertiary/aromatic N) is 4. The third-order valence-electron chi connectivity index (χ3n) is 6.92. The van der Waals surface area contributed by atoms with Gasteiger partial charge in [0.1, 0.15) is 5.82 Å². The number of aromatic nitrogens is 2. The summed E-state index contributed by atoms with van der Waals surface area (Å²) in [6, 6.07) is 2.92. The van der Waals surface area contributed by atoms with Crippen molar-refractivity contribution in [2.24, 2.45) is 5.92 Å². The van der Waals surface area contributed by atoms with Crippen molar-refractivity contribution in [2.45, 2.75) is 76.3 Å². The van der Waals surface area contributed by atoms with Gasteiger partial charge in [-0.2, -0.15) is 4.98 Å². The van der Waals surface area contributed by atoms with Crippen molar-refractivity contribution in [3.63, 3.8) is 0 Å². The van der Waals surface area contributed by atoms with Gasteiger partial charge in [-0.1, -0.05) is 12.8 Å². The van der Waals surface area contributed by atoms with Gasteiger partial charge < -0.3 is 15.3 Å². The smallest absolute Gasteiger partial charge is 0.306 e. The third-order valence-corrected chi connectivity index (χ3v) is 6.92. The maximum atomic E-state index is 11.2. The summed E-state index contributed by atoms with van der Waals surface area (Å²) in [5.74, 6) is 1.03. The number of halogens is 2. The zero-order chi connectivity index (χ0) is 20.1. The SMILES string of the molecule is Cl.Cl.O=C(O)C1CCC(N2CCC[C@H](Nc3nccc(N4CCCCCC4)n3)C2)CC1. The highest BCUT2D eigenvalue weighted by Gasteiger charge is 2.32. The van der Waals surface area contributed by atoms with Gasteiger partial charge in [0.15, 0.2) is 0 Å². The van der Waals surface area contributed by atoms with E-state index in [0.717, 1.165) is 70.0 Å². The van der Waals surface area contributed by atoms with E-state index >= 15 is 0 Å². The number of piperidine rings is 1. The second-order valence-electron chi connectivity index (χ2n) is 8.96. The first-order chi connectivity index (χ1) is 14.2. The number of carboxylic acids is 1. The number of hydrogen-bond acceptors (Lipinski definition) is 6. The first-order valence-corrected chi connectivity index (χ1v) is 11.5. The summed E-state index contributed by atoms with van der Waals surface area (Å²) in [5, 5.41) is 12.8. The lowest BCUT2D eigenvalue weighted by Crippen LogP contribution is -2.48. The second-order valence-corrected chi connectivity index (χ2v) is 8.96. The first-order valence-electron chi connectivity index (χ1n) is 11.5. The highest BCUT2D eigenvalue weighted by molar-refractivity contribution is 5.85. The molecule has 176 valence electrons. The predicted octanol–water partition coefficient (Wildman–Crippen LogP) is 4.22. The van der Waals surface area contributed by atoms with Gasteiger partial charge in [-0.05, 0) is 64.0 Å². The number of carbonyl (C=O) groups is 1. The van der Waals surface area contributed by atoms with E-state index in [1.54, 1.807) is 0 Å². The molecule has 7 nitrogen and oxygen atoms in total. The van der Waals surface area contributed by atoms with Crippen LogP contribution in [-0.4, -0.2) is 64.2 Å². The van der Waals surface area contributed by atoms with Crippen molar-refractivity contribution < 1.29 is 9.90 Å². The monoisotopic (exact) mass is 473 g/mol. The van der Waals surface area contributed by atoms with Gasteiger partial charge in [0.05, 0.1) is 5.92 Å². The van der Waals surface area contributed by atoms with E-state index in [1.807, 2.05) is 12.3 Å². The Hall–Kier alpha value is -1.31. The maximum Gasteiger partial charge on any atom is 0.306 e. The standard InChI is InChI=1S/C22H35N5O2.2ClH/c28-21(29)17-7-9-19(10-8-17)27-15-5-6-18(16-27)24-22-23-12-11-20(25-22)26-13-3-1-2-4-14-26;;/h11-12,17-19H,1-10,13-16H2,(H,28,29)(H,23,24,25);2*1H/t17?,18-,19?;;/m0../s1. The van der Waals surface area contributed by atoms with Crippen LogP contribution in [0.5, 0.6) is 0 Å². The molecule has 3 aliphatic rings. The van der Waals surface area contributed by atoms with E-state index in [-0.39, 0.29) is 30.7 Å². The lowest BCUT2D eigenvalue weighted by atomic mass is 9.84. The van der Waals surface area contributed by atoms with Crippen LogP contribution in [0.15, 0.2) is 12.3 Å². The molecule has 0 radical (unpaired) electrons. The van der Waals surface area contributed by atoms with Crippen LogP contribution in [0, 0.1) is 5.92 Å². The Bertz CT molecular complexity index is 680. The Labute approximate surface area is 198 Å². The van der Waals surface area contributed by atoms with Crippen molar-refractivity contribution in [2.75, 3.05) is 36.4 Å². The van der Waals surface area contributed by atoms with Gasteiger partial charge in [0.25, 0.3) is 0 Å². The van der Waals surface area contributed by atoms with Gasteiger partial charge >= 0.3 is 5.97 Å². The quantitative estimate of drug-likeness (QED) is 0.661. The maximum absolute atomic E-state index is 11.2. The number of hydrogen-bond donors (Lipinski definition) is 2. The number of rotatable bonds is 5. The molecule has 9 heteroatoms. The van der Waals surface area contributed by atoms with E-state index in [0.29, 0.717) is 12.1 Å². The molecule has 1 saturated carbocycles. The molecule has 31 heavy (non-hydrogen) atoms. The number of anilines is 2. The van der Waals surface area contributed by atoms with Gasteiger partial charge in [0.2, 0.25) is 5.95 Å². The first kappa shape index (κ1) is 25.9. The molecule has 2 aliphatic heterocycles. The fraction of sp³-hybridized carbons (Fsp3) is 0.773. The van der Waals surface area contributed by atoms with E-state index in [9.17, 15) is 9.90 Å². The van der Waals surface area contributed by atoms with Crippen LogP contribution in [0.4, 0.5) is 11.8 Å². The minimum atomic E-state index is -0.622. The summed E-state index contributed by atoms with van der Waals surface area (Å²) < 4.78 is 0. The Morgan fingerprint density at radius 1 is 0.968 bits per heavy atom. The average Bonchev–Trinajstić information content (AvgIpc) is 3.04. The molecule has 4 rings (SSSR count). The van der Waals surface area contributed by atoms with Crippen LogP contribution >= 0.6 is 24.8 Å². The molecule has 3 fully saturated rings. The number of aliphatic carboxylic acids is 1. The molecule has 3 heterocycles. The molecule has 2 N–H and O–H groups in total. The molecule has 0 bridgehead atoms. The van der Waals surface area contributed by atoms with E-state index in [4.69, 9.17) is 4.98 Å². The highest BCUT2D eigenvalue weighted by Crippen LogP contribution is 2.30. The summed E-state index contributed by atoms with van der Waals surface area (Å²) in [7, 11) is 0. The zero-order valence-electron chi connectivity index (χ0n) is 18.2. The fourth-order valence-corrected chi connectivity index (χ4v) is 5.22. The minimum absolute atomic E-state index is 0. The van der Waals surface area contributed by atoms with E-state index < -0.39 is 5.97 Å². The lowest BCUT2D eigenvalue weighted by molar-refractivity contribution is -0.143. The molecule has 0 aromatic carbocycles. The molecule has 1 aromatic heterocycles. The summed E-state index contributed by atoms with van der Waals surface area (Å²) in [6.45, 7) is 4.30. The second kappa shape index (κ2) is 12.7. The minimum Gasteiger partial charge on any atom is -0.481 e. The summed E-state index contributed by atoms with van der Waals surface area (Å²) in [4.78, 5) is 25.5. The molecular formula is C22H37Cl2N5O2. The van der Waals surface area contributed by atoms with Crippen LogP contribution < -0.4 is 10.2 Å². The Morgan fingerprint density at radius 3 is 2.35 bits per heavy atom. The highest BCUT2D eigenvalue weighted by atomic mass is 35.5. The molecular weight excluding hydrogens is 437 g/mol. The Balaban J connectivity index is 0.00000171. The third kappa shape index (κ3) is 7.09. The van der Waals surface area contributed by atoms with E-state index in [1.165, 1.54) is 32.1 Å². The molecule has 1 aromatic rings. The molecule has 2 saturated heterocycles. The van der Waals surface area contributed by atoms with Gasteiger partial charge in [0, 0.05) is 37.9 Å². The van der Waals surface area contributed by atoms with Crippen LogP contribution in [0.25, 0.3) is 0 Å². The van der Waals surface area contributed by atoms with Crippen molar-refractivity contribution in [3.8, 4) is 0 Å². The molecule has 0 unspecified atom stereocenters. The van der Waals surface area contributed by atoms with Crippen LogP contribution in [0.2, 0.25) is 0 Å². The summed E-state index contributed by atoms with van der Waals surface area (Å²) in [6.07, 6.45) is 12.9. The number of nitrogens with one attached hydrogen (secondary N) is 1. The van der Waals surface area contributed by atoms with Crippen molar-refractivity contribution >= 4 is 42.5 Å². The molecule has 0 spiro atoms. The Kier molecular flexibility index (Phi) is 10.6. The Morgan fingerprint density at radius 2 is 1.68 bits per heavy atom. The van der Waals surface area contributed by atoms with Gasteiger partial charge in [-0.3, -0.25) is 9.69 Å². The van der Waals surface area contributed by atoms with Crippen molar-refractivity contribution in [3.05, 3.63) is 12.3 Å². The normalized spacial score (nSPS) is 27.4. The molecule has 0 amide bonds. The van der Waals surface area contributed by atoms with Crippen LogP contribution in [-0.2, 0) is 4.79 Å². The van der Waals surface area contributed by atoms with Crippen molar-refractivity contribution in [1.82, 2.24) is 14.9 Å². The predicted molar refractivity (Wildman–Crippen MR) is 129 cm³/mol. The van der Waals surface area contributed by atoms with Gasteiger partial charge in [-0.25, -0.2) is 4.98 Å². The topological polar surface area (TPSA) is 81.6 Å². The lowest BCUT2D eigenvalue weighted by Gasteiger charge is -2.41. The fourth-order valence-electron chi connectivity index (χ4n) is 5.22. The largest absolute Gasteiger partial charge is 0.481 e. The molecule has 1 aliphatic carbocycles. The summed E-state index contributed by atoms with van der Waals surface area (Å²) in [5.41, 5.74) is 0. The average molecular weight is 474 g/mol. The zero-order valence-corrected chi connectivity index (χ0v) is 19.9. The van der Waals surface area contributed by atoms with Crippen LogP contribution in [0.3, 0.4) is 0 Å². The van der Waals surface area contributed by atoms with Crippen LogP contribution in [0.1, 0.15) is 64.2 Å². The number of likely N-dealkylation sites (tertiary alicyclic amines) is 1. The van der Waals surface area contributed by atoms with Crippen molar-refractivity contribution in [1.29, 1.82) is 0 Å². The summed E-state index contributed by atoms with van der Waals surface area (Å²) >= 11 is 0. The number of carboxylic acid groups (broad SMARTS) is 1. The van der Waals surface area contributed by atoms with Gasteiger partial charge in [-0.15, -0.1) is 24.8 Å². The molecule has 1 atom stereocenters. The van der Waals surface area contributed by atoms with E-state index in [2.05, 4.69) is 20.1 Å².